The number of benzene rings is 9. The van der Waals surface area contributed by atoms with E-state index in [0.717, 1.165) is 82.9 Å². The number of alkyl halides is 3. The fourth-order valence-electron chi connectivity index (χ4n) is 13.3. The smallest absolute Gasteiger partial charge is 0.870 e. The molecule has 12 rings (SSSR count). The number of nitrogens with two attached hydrogens (primary N) is 1. The average molecular weight is 1800 g/mol. The largest absolute Gasteiger partial charge is 1.00 e. The second-order valence-electron chi connectivity index (χ2n) is 31.2. The summed E-state index contributed by atoms with van der Waals surface area (Å²) in [7, 11) is -2.33. The number of halogens is 4. The molecule has 3 unspecified atom stereocenters. The molecule has 3 heterocycles. The molecule has 0 saturated carbocycles. The molecule has 0 fully saturated rings. The third kappa shape index (κ3) is 30.4. The Bertz CT molecular complexity index is 5770. The quantitative estimate of drug-likeness (QED) is 0.0130. The second kappa shape index (κ2) is 49.7. The van der Waals surface area contributed by atoms with Crippen molar-refractivity contribution < 1.29 is 122 Å². The molecule has 3 aromatic heterocycles. The van der Waals surface area contributed by atoms with Gasteiger partial charge in [0.2, 0.25) is 17.7 Å². The van der Waals surface area contributed by atoms with Crippen LogP contribution in [-0.4, -0.2) is 121 Å². The summed E-state index contributed by atoms with van der Waals surface area (Å²) in [6.45, 7) is 20.2. The van der Waals surface area contributed by atoms with Crippen molar-refractivity contribution in [2.45, 2.75) is 150 Å². The Kier molecular flexibility index (Phi) is 40.9. The number of fused-ring (bicyclic) bond motifs is 3. The Morgan fingerprint density at radius 3 is 1.11 bits per heavy atom. The molecular weight excluding hydrogens is 1690 g/mol. The predicted molar refractivity (Wildman–Crippen MR) is 489 cm³/mol. The van der Waals surface area contributed by atoms with E-state index in [2.05, 4.69) is 16.0 Å². The number of anilines is 3. The van der Waals surface area contributed by atoms with Crippen molar-refractivity contribution in [3.05, 3.63) is 251 Å². The van der Waals surface area contributed by atoms with Crippen LogP contribution in [0.1, 0.15) is 151 Å². The van der Waals surface area contributed by atoms with E-state index in [0.29, 0.717) is 68.6 Å². The summed E-state index contributed by atoms with van der Waals surface area (Å²) in [5.74, 6) is -1.30. The minimum absolute atomic E-state index is 0. The number of rotatable bonds is 32. The maximum Gasteiger partial charge on any atom is 1.00 e. The van der Waals surface area contributed by atoms with Gasteiger partial charge in [0.25, 0.3) is 0 Å². The normalized spacial score (nSPS) is 12.2. The number of phenolic OH excluding ortho intramolecular Hbond substituents is 1. The Balaban J connectivity index is 0.000000271. The molecule has 127 heavy (non-hydrogen) atoms. The number of hydrogen-bond acceptors (Lipinski definition) is 20. The Morgan fingerprint density at radius 1 is 0.449 bits per heavy atom. The summed E-state index contributed by atoms with van der Waals surface area (Å²) in [6, 6.07) is 54.1. The van der Waals surface area contributed by atoms with Crippen molar-refractivity contribution in [1.82, 2.24) is 0 Å². The second-order valence-corrected chi connectivity index (χ2v) is 35.7. The van der Waals surface area contributed by atoms with Gasteiger partial charge in [-0.25, -0.2) is 4.39 Å². The SMILES string of the molecule is CC(C)(C)[S@@](=O)CC(CF)c1cccc(-c2cc(CO)cc3ccoc23)c1.CCOC(=O)Cc1ccc(NC(C)=O)cc1O.CCOC(=O)Cc1ccc(NC(C)=O)cc1OCc1cc(-c2cccc(C(CF)C[S@](=O)C(C)(C)C)c2)c2occc2c1.CCOC(=O)Cc1ccc(NC(C)=O)cc1OCc1cc(-c2cccc(C(N)CF)c2)c2occc2c1.Cl.[Li+].[OH-]. The first kappa shape index (κ1) is 104. The summed E-state index contributed by atoms with van der Waals surface area (Å²) < 4.78 is 110. The number of aromatic hydroxyl groups is 1. The van der Waals surface area contributed by atoms with E-state index in [-0.39, 0.29) is 141 Å². The minimum atomic E-state index is -1.20. The van der Waals surface area contributed by atoms with Crippen LogP contribution in [0, 0.1) is 0 Å². The Morgan fingerprint density at radius 2 is 0.780 bits per heavy atom. The van der Waals surface area contributed by atoms with E-state index in [1.54, 1.807) is 94.2 Å². The molecular formula is C97H109ClF3LiN4O19S2. The zero-order valence-electron chi connectivity index (χ0n) is 73.5. The number of furan rings is 3. The molecule has 0 aliphatic heterocycles. The first-order valence-corrected chi connectivity index (χ1v) is 43.1. The number of carbonyl (C=O) groups is 6. The molecule has 3 amide bonds. The summed E-state index contributed by atoms with van der Waals surface area (Å²) in [5.41, 5.74) is 21.2. The van der Waals surface area contributed by atoms with E-state index in [9.17, 15) is 60.6 Å². The molecule has 0 aliphatic carbocycles. The number of carbonyl (C=O) groups excluding carboxylic acids is 6. The Hall–Kier alpha value is -11.3. The molecule has 672 valence electrons. The van der Waals surface area contributed by atoms with E-state index >= 15 is 0 Å². The van der Waals surface area contributed by atoms with Crippen LogP contribution >= 0.6 is 12.4 Å². The van der Waals surface area contributed by atoms with E-state index in [1.807, 2.05) is 163 Å². The number of aliphatic hydroxyl groups excluding tert-OH is 1. The van der Waals surface area contributed by atoms with E-state index < -0.39 is 70.2 Å². The molecule has 0 aliphatic rings. The van der Waals surface area contributed by atoms with E-state index in [4.69, 9.17) is 42.7 Å². The van der Waals surface area contributed by atoms with Crippen molar-refractivity contribution in [3.8, 4) is 50.6 Å². The van der Waals surface area contributed by atoms with Gasteiger partial charge in [-0.1, -0.05) is 84.9 Å². The molecule has 9 aromatic carbocycles. The van der Waals surface area contributed by atoms with Crippen LogP contribution in [0.3, 0.4) is 0 Å². The molecule has 30 heteroatoms. The number of aliphatic hydroxyl groups is 1. The zero-order valence-corrected chi connectivity index (χ0v) is 75.9. The molecule has 0 radical (unpaired) electrons. The third-order valence-corrected chi connectivity index (χ3v) is 23.6. The van der Waals surface area contributed by atoms with Crippen LogP contribution < -0.4 is 50.0 Å². The topological polar surface area (TPSA) is 355 Å². The van der Waals surface area contributed by atoms with Gasteiger partial charge in [-0.15, -0.1) is 12.4 Å². The summed E-state index contributed by atoms with van der Waals surface area (Å²) in [5, 5.41) is 29.9. The van der Waals surface area contributed by atoms with Gasteiger partial charge >= 0.3 is 36.8 Å². The van der Waals surface area contributed by atoms with Crippen LogP contribution in [0.4, 0.5) is 30.2 Å². The van der Waals surface area contributed by atoms with Gasteiger partial charge in [0.1, 0.15) is 53.9 Å². The van der Waals surface area contributed by atoms with Gasteiger partial charge in [0.05, 0.1) is 83.9 Å². The van der Waals surface area contributed by atoms with Crippen LogP contribution in [-0.2, 0) is 104 Å². The van der Waals surface area contributed by atoms with Crippen LogP contribution in [0.25, 0.3) is 66.3 Å². The van der Waals surface area contributed by atoms with Crippen molar-refractivity contribution in [2.75, 3.05) is 67.3 Å². The first-order valence-electron chi connectivity index (χ1n) is 40.5. The summed E-state index contributed by atoms with van der Waals surface area (Å²) in [4.78, 5) is 69.6. The molecule has 0 saturated heterocycles. The van der Waals surface area contributed by atoms with Crippen molar-refractivity contribution in [2.24, 2.45) is 5.73 Å². The van der Waals surface area contributed by atoms with Gasteiger partial charge in [0.15, 0.2) is 0 Å². The minimum Gasteiger partial charge on any atom is -0.870 e. The number of nitrogens with one attached hydrogen (secondary N) is 3. The molecule has 8 N–H and O–H groups in total. The van der Waals surface area contributed by atoms with Gasteiger partial charge in [-0.2, -0.15) is 0 Å². The standard InChI is InChI=1S/C34H38FNO6S.C29H29FN2O5.C22H25FO3S.C12H15NO4.ClH.Li.H2O/c1-6-40-32(38)17-26-10-11-29(36-22(2)37)18-31(26)42-20-23-14-27-12-13-41-33(27)30(15-23)25-9-7-8-24(16-25)28(19-35)21-43(39)34(3,4)5;1-3-35-28(34)14-22-7-8-24(32-18(2)33)15-27(22)37-17-19-11-23-9-10-36-29(23)25(12-19)20-5-4-6-21(13-20)26(31)16-30;1-22(2,3)27(25)14-19(12-23)16-5-4-6-17(11-16)20-10-15(13-24)9-18-7-8-26-21(18)20;1-3-17-12(16)6-9-4-5-10(7-11(9)15)13-8(2)14;;;/h7-16,18,28H,6,17,19-21H2,1-5H3,(H,36,37);4-13,15,26H,3,14,16-17,31H2,1-2H3,(H,32,33);4-11,19,24H,12-14H2,1-3H3;4-5,7,15H,3,6H2,1-2H3,(H,13,14);1H;;1H2/q;;;;;+1;/p-1/t28?,43-;;19?,27-;;;;/m0.0..../s1. The van der Waals surface area contributed by atoms with Crippen molar-refractivity contribution in [1.29, 1.82) is 0 Å². The number of amides is 3. The number of esters is 3. The van der Waals surface area contributed by atoms with Gasteiger partial charge in [-0.05, 0) is 191 Å². The number of phenols is 1. The van der Waals surface area contributed by atoms with Crippen molar-refractivity contribution >= 4 is 120 Å². The molecule has 0 bridgehead atoms. The zero-order chi connectivity index (χ0) is 90.0. The van der Waals surface area contributed by atoms with Gasteiger partial charge < -0.3 is 74.3 Å². The molecule has 12 aromatic rings. The van der Waals surface area contributed by atoms with E-state index in [1.165, 1.54) is 26.8 Å². The fraction of sp³-hybridized carbons (Fsp3) is 0.320. The van der Waals surface area contributed by atoms with Gasteiger partial charge in [-0.3, -0.25) is 46.0 Å². The molecule has 0 spiro atoms. The fourth-order valence-corrected chi connectivity index (χ4v) is 15.5. The third-order valence-electron chi connectivity index (χ3n) is 19.5. The van der Waals surface area contributed by atoms with Crippen LogP contribution in [0.2, 0.25) is 0 Å². The molecule has 23 nitrogen and oxygen atoms in total. The average Bonchev–Trinajstić information content (AvgIpc) is 1.67. The monoisotopic (exact) mass is 1800 g/mol. The Labute approximate surface area is 760 Å². The summed E-state index contributed by atoms with van der Waals surface area (Å²) in [6.07, 6.45) is 4.93. The summed E-state index contributed by atoms with van der Waals surface area (Å²) >= 11 is 0. The van der Waals surface area contributed by atoms with Crippen LogP contribution in [0.15, 0.2) is 214 Å². The molecule has 5 atom stereocenters. The predicted octanol–water partition coefficient (Wildman–Crippen LogP) is 17.0. The van der Waals surface area contributed by atoms with Crippen LogP contribution in [0.5, 0.6) is 17.2 Å². The maximum atomic E-state index is 14.2. The number of ether oxygens (including phenoxy) is 5. The van der Waals surface area contributed by atoms with Gasteiger partial charge in [0, 0.05) is 160 Å². The number of hydrogen-bond donors (Lipinski definition) is 6. The first-order chi connectivity index (χ1) is 59.2. The van der Waals surface area contributed by atoms with Crippen molar-refractivity contribution in [3.63, 3.8) is 0 Å². The maximum absolute atomic E-state index is 14.2.